The average molecular weight is 276 g/mol. The molecular formula is C18H16N2O. The molecule has 3 rings (SSSR count). The van der Waals surface area contributed by atoms with E-state index < -0.39 is 0 Å². The lowest BCUT2D eigenvalue weighted by atomic mass is 9.97. The molecule has 1 heterocycles. The van der Waals surface area contributed by atoms with Crippen molar-refractivity contribution in [3.63, 3.8) is 0 Å². The normalized spacial score (nSPS) is 10.6. The molecule has 0 bridgehead atoms. The van der Waals surface area contributed by atoms with Gasteiger partial charge in [0.2, 0.25) is 6.41 Å². The van der Waals surface area contributed by atoms with E-state index in [1.54, 1.807) is 0 Å². The summed E-state index contributed by atoms with van der Waals surface area (Å²) < 4.78 is 0. The summed E-state index contributed by atoms with van der Waals surface area (Å²) in [6, 6.07) is 14.3. The Morgan fingerprint density at radius 3 is 2.67 bits per heavy atom. The number of aromatic nitrogens is 1. The minimum atomic E-state index is 0.696. The van der Waals surface area contributed by atoms with Gasteiger partial charge in [0.15, 0.2) is 0 Å². The maximum absolute atomic E-state index is 10.6. The summed E-state index contributed by atoms with van der Waals surface area (Å²) in [5, 5.41) is 5.00. The van der Waals surface area contributed by atoms with Gasteiger partial charge in [-0.3, -0.25) is 9.78 Å². The van der Waals surface area contributed by atoms with Crippen LogP contribution < -0.4 is 5.32 Å². The first kappa shape index (κ1) is 13.3. The highest BCUT2D eigenvalue weighted by Crippen LogP contribution is 2.29. The van der Waals surface area contributed by atoms with Crippen molar-refractivity contribution in [3.8, 4) is 11.1 Å². The molecule has 0 saturated heterocycles. The molecule has 0 atom stereocenters. The van der Waals surface area contributed by atoms with Crippen LogP contribution >= 0.6 is 0 Å². The first-order chi connectivity index (χ1) is 10.2. The largest absolute Gasteiger partial charge is 0.329 e. The van der Waals surface area contributed by atoms with Crippen LogP contribution in [0.5, 0.6) is 0 Å². The van der Waals surface area contributed by atoms with Crippen molar-refractivity contribution < 1.29 is 4.79 Å². The van der Waals surface area contributed by atoms with Crippen molar-refractivity contribution in [2.24, 2.45) is 0 Å². The van der Waals surface area contributed by atoms with Gasteiger partial charge >= 0.3 is 0 Å². The summed E-state index contributed by atoms with van der Waals surface area (Å²) in [7, 11) is 0. The van der Waals surface area contributed by atoms with E-state index in [-0.39, 0.29) is 0 Å². The van der Waals surface area contributed by atoms with Crippen LogP contribution in [0.1, 0.15) is 11.3 Å². The Morgan fingerprint density at radius 2 is 1.86 bits per heavy atom. The fraction of sp³-hybridized carbons (Fsp3) is 0.111. The zero-order valence-corrected chi connectivity index (χ0v) is 12.1. The molecule has 0 aliphatic heterocycles. The summed E-state index contributed by atoms with van der Waals surface area (Å²) in [5.41, 5.74) is 5.23. The van der Waals surface area contributed by atoms with Gasteiger partial charge in [-0.2, -0.15) is 0 Å². The topological polar surface area (TPSA) is 42.0 Å². The molecular weight excluding hydrogens is 260 g/mol. The lowest BCUT2D eigenvalue weighted by Gasteiger charge is -2.10. The highest BCUT2D eigenvalue weighted by Gasteiger charge is 2.05. The van der Waals surface area contributed by atoms with Crippen LogP contribution in [-0.2, 0) is 4.79 Å². The fourth-order valence-electron chi connectivity index (χ4n) is 2.51. The van der Waals surface area contributed by atoms with E-state index in [0.717, 1.165) is 27.9 Å². The summed E-state index contributed by atoms with van der Waals surface area (Å²) in [6.07, 6.45) is 2.60. The molecule has 0 saturated carbocycles. The van der Waals surface area contributed by atoms with Crippen molar-refractivity contribution in [2.45, 2.75) is 13.8 Å². The molecule has 0 fully saturated rings. The van der Waals surface area contributed by atoms with E-state index in [4.69, 9.17) is 0 Å². The van der Waals surface area contributed by atoms with Crippen LogP contribution in [0.2, 0.25) is 0 Å². The number of nitrogens with zero attached hydrogens (tertiary/aromatic N) is 1. The van der Waals surface area contributed by atoms with E-state index in [2.05, 4.69) is 41.5 Å². The molecule has 21 heavy (non-hydrogen) atoms. The number of amides is 1. The number of fused-ring (bicyclic) bond motifs is 1. The summed E-state index contributed by atoms with van der Waals surface area (Å²) in [5.74, 6) is 0. The number of rotatable bonds is 3. The molecule has 1 amide bonds. The minimum Gasteiger partial charge on any atom is -0.329 e. The van der Waals surface area contributed by atoms with Crippen molar-refractivity contribution in [1.29, 1.82) is 0 Å². The third-order valence-electron chi connectivity index (χ3n) is 3.63. The first-order valence-corrected chi connectivity index (χ1v) is 6.85. The third kappa shape index (κ3) is 2.63. The summed E-state index contributed by atoms with van der Waals surface area (Å²) in [6.45, 7) is 4.06. The fourth-order valence-corrected chi connectivity index (χ4v) is 2.51. The van der Waals surface area contributed by atoms with E-state index in [1.807, 2.05) is 31.3 Å². The number of hydrogen-bond donors (Lipinski definition) is 1. The smallest absolute Gasteiger partial charge is 0.211 e. The second-order valence-electron chi connectivity index (χ2n) is 5.18. The van der Waals surface area contributed by atoms with Gasteiger partial charge in [-0.15, -0.1) is 0 Å². The number of anilines is 1. The molecule has 0 unspecified atom stereocenters. The molecule has 104 valence electrons. The van der Waals surface area contributed by atoms with Gasteiger partial charge in [0.25, 0.3) is 0 Å². The van der Waals surface area contributed by atoms with Crippen molar-refractivity contribution in [1.82, 2.24) is 4.98 Å². The molecule has 3 aromatic rings. The zero-order chi connectivity index (χ0) is 14.8. The number of nitrogens with one attached hydrogen (secondary N) is 1. The number of hydrogen-bond acceptors (Lipinski definition) is 2. The number of carbonyl (C=O) groups excluding carboxylic acids is 1. The van der Waals surface area contributed by atoms with E-state index in [9.17, 15) is 4.79 Å². The maximum Gasteiger partial charge on any atom is 0.211 e. The number of benzene rings is 2. The zero-order valence-electron chi connectivity index (χ0n) is 12.1. The van der Waals surface area contributed by atoms with E-state index in [0.29, 0.717) is 6.41 Å². The highest BCUT2D eigenvalue weighted by molar-refractivity contribution is 5.88. The SMILES string of the molecule is Cc1cc2ccc(-c3cc(NC=O)ccc3C)cc2cn1. The van der Waals surface area contributed by atoms with Crippen molar-refractivity contribution in [3.05, 3.63) is 59.9 Å². The minimum absolute atomic E-state index is 0.696. The third-order valence-corrected chi connectivity index (χ3v) is 3.63. The number of pyridine rings is 1. The van der Waals surface area contributed by atoms with Crippen LogP contribution in [0, 0.1) is 13.8 Å². The molecule has 0 spiro atoms. The van der Waals surface area contributed by atoms with Crippen LogP contribution in [0.15, 0.2) is 48.7 Å². The first-order valence-electron chi connectivity index (χ1n) is 6.85. The Kier molecular flexibility index (Phi) is 3.40. The molecule has 3 heteroatoms. The van der Waals surface area contributed by atoms with Gasteiger partial charge in [-0.1, -0.05) is 18.2 Å². The van der Waals surface area contributed by atoms with Gasteiger partial charge in [0.05, 0.1) is 0 Å². The van der Waals surface area contributed by atoms with E-state index >= 15 is 0 Å². The summed E-state index contributed by atoms with van der Waals surface area (Å²) >= 11 is 0. The van der Waals surface area contributed by atoms with Crippen LogP contribution in [-0.4, -0.2) is 11.4 Å². The monoisotopic (exact) mass is 276 g/mol. The molecule has 0 aliphatic carbocycles. The lowest BCUT2D eigenvalue weighted by Crippen LogP contribution is -1.94. The van der Waals surface area contributed by atoms with Crippen LogP contribution in [0.25, 0.3) is 21.9 Å². The molecule has 0 radical (unpaired) electrons. The van der Waals surface area contributed by atoms with Gasteiger partial charge in [0.1, 0.15) is 0 Å². The van der Waals surface area contributed by atoms with Gasteiger partial charge < -0.3 is 5.32 Å². The standard InChI is InChI=1S/C18H16N2O/c1-12-3-6-17(20-11-21)9-18(12)15-5-4-14-7-13(2)19-10-16(14)8-15/h3-11H,1-2H3,(H,20,21). The second kappa shape index (κ2) is 5.37. The van der Waals surface area contributed by atoms with Gasteiger partial charge in [-0.05, 0) is 60.2 Å². The molecule has 1 aromatic heterocycles. The number of carbonyl (C=O) groups is 1. The Balaban J connectivity index is 2.13. The maximum atomic E-state index is 10.6. The van der Waals surface area contributed by atoms with Gasteiger partial charge in [-0.25, -0.2) is 0 Å². The van der Waals surface area contributed by atoms with Crippen LogP contribution in [0.3, 0.4) is 0 Å². The predicted octanol–water partition coefficient (Wildman–Crippen LogP) is 4.09. The predicted molar refractivity (Wildman–Crippen MR) is 86.3 cm³/mol. The highest BCUT2D eigenvalue weighted by atomic mass is 16.1. The molecule has 1 N–H and O–H groups in total. The Hall–Kier alpha value is -2.68. The molecule has 2 aromatic carbocycles. The van der Waals surface area contributed by atoms with Gasteiger partial charge in [0, 0.05) is 23.0 Å². The Labute approximate surface area is 123 Å². The number of aryl methyl sites for hydroxylation is 2. The van der Waals surface area contributed by atoms with E-state index in [1.165, 1.54) is 10.9 Å². The van der Waals surface area contributed by atoms with Crippen molar-refractivity contribution in [2.75, 3.05) is 5.32 Å². The molecule has 0 aliphatic rings. The van der Waals surface area contributed by atoms with Crippen LogP contribution in [0.4, 0.5) is 5.69 Å². The Bertz CT molecular complexity index is 825. The molecule has 3 nitrogen and oxygen atoms in total. The second-order valence-corrected chi connectivity index (χ2v) is 5.18. The Morgan fingerprint density at radius 1 is 1.00 bits per heavy atom. The quantitative estimate of drug-likeness (QED) is 0.732. The van der Waals surface area contributed by atoms with Crippen molar-refractivity contribution >= 4 is 22.9 Å². The summed E-state index contributed by atoms with van der Waals surface area (Å²) in [4.78, 5) is 14.9. The lowest BCUT2D eigenvalue weighted by molar-refractivity contribution is -0.105. The average Bonchev–Trinajstić information content (AvgIpc) is 2.49.